The molecule has 0 saturated heterocycles. The van der Waals surface area contributed by atoms with Gasteiger partial charge in [0.05, 0.1) is 13.1 Å². The Morgan fingerprint density at radius 2 is 1.09 bits per heavy atom. The number of hydrazine groups is 2. The third-order valence-electron chi connectivity index (χ3n) is 9.87. The molecule has 0 saturated carbocycles. The summed E-state index contributed by atoms with van der Waals surface area (Å²) in [6.07, 6.45) is -3.32. The minimum Gasteiger partial charge on any atom is -0.474 e. The van der Waals surface area contributed by atoms with Gasteiger partial charge in [-0.05, 0) is 105 Å². The summed E-state index contributed by atoms with van der Waals surface area (Å²) < 4.78 is 61.2. The number of aryl methyl sites for hydroxylation is 2. The van der Waals surface area contributed by atoms with Crippen LogP contribution < -0.4 is 22.9 Å². The topological polar surface area (TPSA) is 322 Å². The number of hydrogen-bond acceptors (Lipinski definition) is 20. The van der Waals surface area contributed by atoms with E-state index in [-0.39, 0.29) is 60.7 Å². The van der Waals surface area contributed by atoms with E-state index in [0.29, 0.717) is 32.3 Å². The SMILES string of the molecule is CC(C)(C)OC(=O)C(=O)Cl.Cc1oc(=O)oc1COC(=O)[C@H](O)CN(Cc1ccc(-c2cc(Cl)ccc2F)cc1)NC(=O)C(=O)O.Cc1oc(=O)oc1COC(=O)[C@H](O)CN(N)Cc1ccc(-c2cc(Cl)ccc2F)cc1. The highest BCUT2D eigenvalue weighted by molar-refractivity contribution is 6.80. The summed E-state index contributed by atoms with van der Waals surface area (Å²) in [5, 5.41) is 31.1. The highest BCUT2D eigenvalue weighted by Crippen LogP contribution is 2.28. The zero-order valence-electron chi connectivity index (χ0n) is 41.3. The predicted octanol–water partition coefficient (Wildman–Crippen LogP) is 5.90. The molecule has 0 aliphatic heterocycles. The molecule has 2 aromatic heterocycles. The van der Waals surface area contributed by atoms with Gasteiger partial charge < -0.3 is 47.2 Å². The number of ether oxygens (including phenoxy) is 3. The number of halogens is 5. The molecule has 4 aromatic carbocycles. The fourth-order valence-corrected chi connectivity index (χ4v) is 6.64. The van der Waals surface area contributed by atoms with Gasteiger partial charge in [0.25, 0.3) is 0 Å². The highest BCUT2D eigenvalue weighted by Gasteiger charge is 2.26. The lowest BCUT2D eigenvalue weighted by atomic mass is 10.0. The van der Waals surface area contributed by atoms with Gasteiger partial charge in [0.15, 0.2) is 48.5 Å². The van der Waals surface area contributed by atoms with E-state index in [1.165, 1.54) is 49.2 Å². The number of nitrogens with two attached hydrogens (primary N) is 1. The maximum Gasteiger partial charge on any atom is 0.519 e. The monoisotopic (exact) mass is 1140 g/mol. The van der Waals surface area contributed by atoms with Crippen LogP contribution >= 0.6 is 34.8 Å². The van der Waals surface area contributed by atoms with Crippen molar-refractivity contribution in [2.24, 2.45) is 5.84 Å². The Bertz CT molecular complexity index is 3150. The van der Waals surface area contributed by atoms with Crippen LogP contribution in [-0.4, -0.2) is 91.3 Å². The molecule has 412 valence electrons. The van der Waals surface area contributed by atoms with Crippen molar-refractivity contribution in [2.45, 2.75) is 78.7 Å². The van der Waals surface area contributed by atoms with Gasteiger partial charge >= 0.3 is 46.7 Å². The van der Waals surface area contributed by atoms with Gasteiger partial charge in [0.1, 0.15) is 17.2 Å². The second-order valence-corrected chi connectivity index (χ2v) is 18.3. The van der Waals surface area contributed by atoms with Crippen LogP contribution in [0.25, 0.3) is 22.3 Å². The summed E-state index contributed by atoms with van der Waals surface area (Å²) in [6, 6.07) is 21.7. The van der Waals surface area contributed by atoms with Crippen molar-refractivity contribution >= 4 is 69.8 Å². The van der Waals surface area contributed by atoms with Crippen molar-refractivity contribution in [1.82, 2.24) is 15.4 Å². The van der Waals surface area contributed by atoms with E-state index in [4.69, 9.17) is 64.1 Å². The molecule has 2 atom stereocenters. The molecule has 77 heavy (non-hydrogen) atoms. The lowest BCUT2D eigenvalue weighted by molar-refractivity contribution is -0.159. The molecule has 0 aliphatic carbocycles. The number of carbonyl (C=O) groups is 6. The summed E-state index contributed by atoms with van der Waals surface area (Å²) in [7, 11) is 0. The molecule has 0 spiro atoms. The number of carbonyl (C=O) groups excluding carboxylic acids is 5. The quantitative estimate of drug-likeness (QED) is 0.0167. The summed E-state index contributed by atoms with van der Waals surface area (Å²) in [5.41, 5.74) is 4.56. The standard InChI is InChI=1S/C23H20ClFN2O9.C21H20ClFN2O6.C6H9ClO3/c1-12-19(36-23(33)35-12)11-34-22(32)18(28)10-27(26-20(29)21(30)31)9-13-2-4-14(5-3-13)16-8-15(24)6-7-17(16)25;1-12-19(31-21(28)30-12)11-29-20(27)18(26)10-25(24)9-13-2-4-14(5-3-13)16-8-15(22)6-7-17(16)23;1-6(2,3)10-5(9)4(7)8/h2-8,18,28H,9-11H2,1H3,(H,26,29)(H,30,31);2-8,18,26H,9-11,24H2,1H3;1-3H3/t2*18-;/m11./s1. The minimum absolute atomic E-state index is 0.0483. The summed E-state index contributed by atoms with van der Waals surface area (Å²) >= 11 is 16.7. The van der Waals surface area contributed by atoms with Crippen molar-refractivity contribution < 1.29 is 84.7 Å². The maximum atomic E-state index is 14.1. The van der Waals surface area contributed by atoms with Crippen LogP contribution in [0.4, 0.5) is 8.78 Å². The molecule has 0 fully saturated rings. The first-order chi connectivity index (χ1) is 36.1. The Balaban J connectivity index is 0.000000285. The fourth-order valence-electron chi connectivity index (χ4n) is 6.25. The highest BCUT2D eigenvalue weighted by atomic mass is 35.5. The first-order valence-corrected chi connectivity index (χ1v) is 23.4. The molecule has 22 nitrogen and oxygen atoms in total. The van der Waals surface area contributed by atoms with Gasteiger partial charge in [-0.2, -0.15) is 0 Å². The Kier molecular flexibility index (Phi) is 23.0. The molecule has 0 aliphatic rings. The van der Waals surface area contributed by atoms with E-state index in [0.717, 1.165) is 10.6 Å². The molecule has 6 rings (SSSR count). The molecule has 1 amide bonds. The van der Waals surface area contributed by atoms with Gasteiger partial charge in [0.2, 0.25) is 0 Å². The molecule has 0 radical (unpaired) electrons. The Hall–Kier alpha value is -7.55. The second kappa shape index (κ2) is 28.5. The van der Waals surface area contributed by atoms with Crippen molar-refractivity contribution in [1.29, 1.82) is 0 Å². The third-order valence-corrected chi connectivity index (χ3v) is 10.5. The number of esters is 3. The molecule has 27 heteroatoms. The number of nitrogens with one attached hydrogen (secondary N) is 1. The summed E-state index contributed by atoms with van der Waals surface area (Å²) in [4.78, 5) is 89.4. The van der Waals surface area contributed by atoms with Gasteiger partial charge in [-0.3, -0.25) is 20.9 Å². The summed E-state index contributed by atoms with van der Waals surface area (Å²) in [6.45, 7) is 6.39. The molecular formula is C50H49Cl3F2N4O18. The molecule has 6 N–H and O–H groups in total. The smallest absolute Gasteiger partial charge is 0.474 e. The molecule has 2 heterocycles. The van der Waals surface area contributed by atoms with Gasteiger partial charge in [-0.15, -0.1) is 0 Å². The number of carboxylic acids is 1. The number of rotatable bonds is 18. The van der Waals surface area contributed by atoms with Crippen LogP contribution in [0.2, 0.25) is 10.0 Å². The average Bonchev–Trinajstić information content (AvgIpc) is 3.87. The predicted molar refractivity (Wildman–Crippen MR) is 267 cm³/mol. The van der Waals surface area contributed by atoms with Gasteiger partial charge in [0, 0.05) is 34.3 Å². The van der Waals surface area contributed by atoms with Gasteiger partial charge in [-0.25, -0.2) is 47.6 Å². The molecule has 0 unspecified atom stereocenters. The Labute approximate surface area is 450 Å². The molecule has 0 bridgehead atoms. The average molecular weight is 1140 g/mol. The third kappa shape index (κ3) is 20.5. The van der Waals surface area contributed by atoms with E-state index in [1.807, 2.05) is 0 Å². The lowest BCUT2D eigenvalue weighted by Crippen LogP contribution is -2.49. The van der Waals surface area contributed by atoms with Gasteiger partial charge in [-0.1, -0.05) is 71.7 Å². The van der Waals surface area contributed by atoms with Crippen LogP contribution in [0.5, 0.6) is 0 Å². The van der Waals surface area contributed by atoms with E-state index in [1.54, 1.807) is 75.4 Å². The fraction of sp³-hybridized carbons (Fsp3) is 0.280. The second-order valence-electron chi connectivity index (χ2n) is 17.1. The first-order valence-electron chi connectivity index (χ1n) is 22.3. The van der Waals surface area contributed by atoms with Crippen molar-refractivity contribution in [2.75, 3.05) is 13.1 Å². The Morgan fingerprint density at radius 3 is 1.45 bits per heavy atom. The number of nitrogens with zero attached hydrogens (tertiary/aromatic N) is 2. The van der Waals surface area contributed by atoms with Crippen LogP contribution in [0.3, 0.4) is 0 Å². The van der Waals surface area contributed by atoms with Crippen molar-refractivity contribution in [3.05, 3.63) is 162 Å². The van der Waals surface area contributed by atoms with Crippen molar-refractivity contribution in [3.63, 3.8) is 0 Å². The molecular weight excluding hydrogens is 1090 g/mol. The number of carboxylic acid groups (broad SMARTS) is 1. The minimum atomic E-state index is -1.81. The number of aliphatic hydroxyl groups is 2. The van der Waals surface area contributed by atoms with E-state index in [2.05, 4.69) is 19.0 Å². The number of hydrogen-bond donors (Lipinski definition) is 5. The largest absolute Gasteiger partial charge is 0.519 e. The van der Waals surface area contributed by atoms with E-state index < -0.39 is 83.4 Å². The van der Waals surface area contributed by atoms with E-state index >= 15 is 0 Å². The van der Waals surface area contributed by atoms with Crippen LogP contribution in [0, 0.1) is 25.5 Å². The van der Waals surface area contributed by atoms with Crippen LogP contribution in [0.1, 0.15) is 54.9 Å². The Morgan fingerprint density at radius 1 is 0.675 bits per heavy atom. The van der Waals surface area contributed by atoms with Crippen LogP contribution in [0.15, 0.2) is 112 Å². The van der Waals surface area contributed by atoms with Crippen molar-refractivity contribution in [3.8, 4) is 22.3 Å². The first kappa shape index (κ1) is 62.0. The number of amides is 1. The molecule has 6 aromatic rings. The van der Waals surface area contributed by atoms with Crippen LogP contribution in [-0.2, 0) is 69.3 Å². The normalized spacial score (nSPS) is 11.8. The zero-order chi connectivity index (χ0) is 57.3. The number of aliphatic carboxylic acids is 1. The van der Waals surface area contributed by atoms with E-state index in [9.17, 15) is 57.4 Å². The lowest BCUT2D eigenvalue weighted by Gasteiger charge is -2.24. The number of aliphatic hydroxyl groups excluding tert-OH is 2. The number of benzene rings is 4. The summed E-state index contributed by atoms with van der Waals surface area (Å²) in [5.74, 6) is -2.80. The zero-order valence-corrected chi connectivity index (χ0v) is 43.6. The maximum absolute atomic E-state index is 14.1.